The SMILES string of the molecule is COc1ccc(N(Cc2cccs2)C(=O)CN2CCC(C(=O)Nc3ccccc3)CC2)cc1. The number of ether oxygens (including phenoxy) is 1. The van der Waals surface area contributed by atoms with Crippen LogP contribution >= 0.6 is 11.3 Å². The van der Waals surface area contributed by atoms with Gasteiger partial charge in [0.15, 0.2) is 0 Å². The highest BCUT2D eigenvalue weighted by Gasteiger charge is 2.27. The molecule has 0 spiro atoms. The molecular formula is C26H29N3O3S. The van der Waals surface area contributed by atoms with Crippen LogP contribution < -0.4 is 15.0 Å². The molecule has 0 bridgehead atoms. The van der Waals surface area contributed by atoms with Crippen LogP contribution in [0.3, 0.4) is 0 Å². The molecule has 2 aromatic carbocycles. The zero-order valence-corrected chi connectivity index (χ0v) is 19.6. The largest absolute Gasteiger partial charge is 0.497 e. The third-order valence-corrected chi connectivity index (χ3v) is 6.80. The van der Waals surface area contributed by atoms with Crippen molar-refractivity contribution in [3.63, 3.8) is 0 Å². The molecule has 1 aliphatic heterocycles. The summed E-state index contributed by atoms with van der Waals surface area (Å²) in [6.45, 7) is 2.34. The van der Waals surface area contributed by atoms with E-state index in [1.807, 2.05) is 77.0 Å². The lowest BCUT2D eigenvalue weighted by molar-refractivity contribution is -0.122. The lowest BCUT2D eigenvalue weighted by atomic mass is 9.95. The summed E-state index contributed by atoms with van der Waals surface area (Å²) in [7, 11) is 1.63. The molecule has 7 heteroatoms. The number of methoxy groups -OCH3 is 1. The highest BCUT2D eigenvalue weighted by atomic mass is 32.1. The second kappa shape index (κ2) is 11.1. The number of nitrogens with zero attached hydrogens (tertiary/aromatic N) is 2. The lowest BCUT2D eigenvalue weighted by Crippen LogP contribution is -2.44. The Morgan fingerprint density at radius 2 is 1.76 bits per heavy atom. The predicted octanol–water partition coefficient (Wildman–Crippen LogP) is 4.64. The molecule has 1 aromatic heterocycles. The van der Waals surface area contributed by atoms with Crippen LogP contribution in [0.25, 0.3) is 0 Å². The third-order valence-electron chi connectivity index (χ3n) is 5.94. The van der Waals surface area contributed by atoms with E-state index in [0.29, 0.717) is 13.1 Å². The summed E-state index contributed by atoms with van der Waals surface area (Å²) in [6.07, 6.45) is 1.50. The van der Waals surface area contributed by atoms with Crippen molar-refractivity contribution in [3.8, 4) is 5.75 Å². The Balaban J connectivity index is 1.35. The van der Waals surface area contributed by atoms with E-state index in [0.717, 1.165) is 47.9 Å². The van der Waals surface area contributed by atoms with Gasteiger partial charge >= 0.3 is 0 Å². The van der Waals surface area contributed by atoms with Gasteiger partial charge in [0.05, 0.1) is 20.2 Å². The monoisotopic (exact) mass is 463 g/mol. The van der Waals surface area contributed by atoms with Crippen LogP contribution in [0.15, 0.2) is 72.1 Å². The van der Waals surface area contributed by atoms with Crippen LogP contribution in [-0.4, -0.2) is 43.5 Å². The minimum atomic E-state index is -0.0274. The number of hydrogen-bond donors (Lipinski definition) is 1. The van der Waals surface area contributed by atoms with E-state index >= 15 is 0 Å². The van der Waals surface area contributed by atoms with Crippen molar-refractivity contribution in [2.75, 3.05) is 37.0 Å². The molecule has 1 fully saturated rings. The normalized spacial score (nSPS) is 14.6. The van der Waals surface area contributed by atoms with Gasteiger partial charge in [0.25, 0.3) is 0 Å². The van der Waals surface area contributed by atoms with Gasteiger partial charge in [-0.25, -0.2) is 0 Å². The molecule has 0 atom stereocenters. The maximum Gasteiger partial charge on any atom is 0.241 e. The third kappa shape index (κ3) is 6.21. The van der Waals surface area contributed by atoms with Crippen LogP contribution in [0.2, 0.25) is 0 Å². The van der Waals surface area contributed by atoms with Gasteiger partial charge in [-0.05, 0) is 73.8 Å². The van der Waals surface area contributed by atoms with Gasteiger partial charge in [0.2, 0.25) is 11.8 Å². The summed E-state index contributed by atoms with van der Waals surface area (Å²) in [6, 6.07) is 21.2. The number of piperidine rings is 1. The van der Waals surface area contributed by atoms with E-state index in [9.17, 15) is 9.59 Å². The number of hydrogen-bond acceptors (Lipinski definition) is 5. The Kier molecular flexibility index (Phi) is 7.75. The van der Waals surface area contributed by atoms with E-state index in [1.54, 1.807) is 18.4 Å². The second-order valence-electron chi connectivity index (χ2n) is 8.16. The van der Waals surface area contributed by atoms with E-state index in [4.69, 9.17) is 4.74 Å². The maximum absolute atomic E-state index is 13.3. The topological polar surface area (TPSA) is 61.9 Å². The molecule has 2 heterocycles. The summed E-state index contributed by atoms with van der Waals surface area (Å²) >= 11 is 1.64. The Morgan fingerprint density at radius 1 is 1.03 bits per heavy atom. The van der Waals surface area contributed by atoms with Gasteiger partial charge in [-0.15, -0.1) is 11.3 Å². The van der Waals surface area contributed by atoms with E-state index < -0.39 is 0 Å². The number of carbonyl (C=O) groups excluding carboxylic acids is 2. The number of amides is 2. The Bertz CT molecular complexity index is 1030. The Hall–Kier alpha value is -3.16. The van der Waals surface area contributed by atoms with Crippen molar-refractivity contribution in [1.82, 2.24) is 4.90 Å². The summed E-state index contributed by atoms with van der Waals surface area (Å²) in [5, 5.41) is 5.02. The molecule has 1 aliphatic rings. The molecule has 2 amide bonds. The summed E-state index contributed by atoms with van der Waals surface area (Å²) in [5.74, 6) is 0.851. The second-order valence-corrected chi connectivity index (χ2v) is 9.20. The van der Waals surface area contributed by atoms with Gasteiger partial charge in [-0.1, -0.05) is 24.3 Å². The fraction of sp³-hybridized carbons (Fsp3) is 0.308. The molecule has 1 N–H and O–H groups in total. The van der Waals surface area contributed by atoms with Crippen molar-refractivity contribution in [1.29, 1.82) is 0 Å². The number of carbonyl (C=O) groups is 2. The number of likely N-dealkylation sites (tertiary alicyclic amines) is 1. The van der Waals surface area contributed by atoms with Crippen LogP contribution in [0.5, 0.6) is 5.75 Å². The molecule has 3 aromatic rings. The highest BCUT2D eigenvalue weighted by molar-refractivity contribution is 7.09. The van der Waals surface area contributed by atoms with Crippen molar-refractivity contribution in [3.05, 3.63) is 77.0 Å². The first-order valence-electron chi connectivity index (χ1n) is 11.2. The lowest BCUT2D eigenvalue weighted by Gasteiger charge is -2.32. The number of anilines is 2. The average Bonchev–Trinajstić information content (AvgIpc) is 3.37. The molecule has 6 nitrogen and oxygen atoms in total. The van der Waals surface area contributed by atoms with Gasteiger partial charge < -0.3 is 15.0 Å². The van der Waals surface area contributed by atoms with Crippen LogP contribution in [0.1, 0.15) is 17.7 Å². The van der Waals surface area contributed by atoms with Crippen molar-refractivity contribution >= 4 is 34.5 Å². The van der Waals surface area contributed by atoms with Crippen molar-refractivity contribution in [2.45, 2.75) is 19.4 Å². The number of para-hydroxylation sites is 1. The molecule has 1 saturated heterocycles. The number of nitrogens with one attached hydrogen (secondary N) is 1. The van der Waals surface area contributed by atoms with Crippen LogP contribution in [0.4, 0.5) is 11.4 Å². The van der Waals surface area contributed by atoms with Crippen LogP contribution in [-0.2, 0) is 16.1 Å². The number of thiophene rings is 1. The van der Waals surface area contributed by atoms with Crippen molar-refractivity contribution in [2.24, 2.45) is 5.92 Å². The maximum atomic E-state index is 13.3. The first kappa shape index (κ1) is 23.0. The predicted molar refractivity (Wildman–Crippen MR) is 133 cm³/mol. The Morgan fingerprint density at radius 3 is 2.39 bits per heavy atom. The first-order valence-corrected chi connectivity index (χ1v) is 12.1. The molecule has 172 valence electrons. The smallest absolute Gasteiger partial charge is 0.241 e. The zero-order valence-electron chi connectivity index (χ0n) is 18.8. The summed E-state index contributed by atoms with van der Waals surface area (Å²) in [5.41, 5.74) is 1.68. The van der Waals surface area contributed by atoms with E-state index in [1.165, 1.54) is 0 Å². The van der Waals surface area contributed by atoms with Gasteiger partial charge in [0.1, 0.15) is 5.75 Å². The standard InChI is InChI=1S/C26H29N3O3S/c1-32-23-11-9-22(10-12-23)29(18-24-8-5-17-33-24)25(30)19-28-15-13-20(14-16-28)26(31)27-21-6-3-2-4-7-21/h2-12,17,20H,13-16,18-19H2,1H3,(H,27,31). The molecule has 4 rings (SSSR count). The minimum Gasteiger partial charge on any atom is -0.497 e. The molecular weight excluding hydrogens is 434 g/mol. The average molecular weight is 464 g/mol. The molecule has 0 saturated carbocycles. The fourth-order valence-corrected chi connectivity index (χ4v) is 4.73. The van der Waals surface area contributed by atoms with E-state index in [2.05, 4.69) is 10.2 Å². The highest BCUT2D eigenvalue weighted by Crippen LogP contribution is 2.24. The Labute approximate surface area is 198 Å². The molecule has 0 radical (unpaired) electrons. The molecule has 0 aliphatic carbocycles. The quantitative estimate of drug-likeness (QED) is 0.529. The number of benzene rings is 2. The minimum absolute atomic E-state index is 0.0274. The summed E-state index contributed by atoms with van der Waals surface area (Å²) < 4.78 is 5.26. The molecule has 33 heavy (non-hydrogen) atoms. The van der Waals surface area contributed by atoms with Crippen LogP contribution in [0, 0.1) is 5.92 Å². The molecule has 0 unspecified atom stereocenters. The zero-order chi connectivity index (χ0) is 23.0. The van der Waals surface area contributed by atoms with Gasteiger partial charge in [-0.3, -0.25) is 14.5 Å². The first-order chi connectivity index (χ1) is 16.1. The number of rotatable bonds is 8. The van der Waals surface area contributed by atoms with Gasteiger partial charge in [-0.2, -0.15) is 0 Å². The summed E-state index contributed by atoms with van der Waals surface area (Å²) in [4.78, 5) is 31.1. The van der Waals surface area contributed by atoms with Crippen molar-refractivity contribution < 1.29 is 14.3 Å². The fourth-order valence-electron chi connectivity index (χ4n) is 4.04. The van der Waals surface area contributed by atoms with Gasteiger partial charge in [0, 0.05) is 22.2 Å². The van der Waals surface area contributed by atoms with E-state index in [-0.39, 0.29) is 17.7 Å².